The summed E-state index contributed by atoms with van der Waals surface area (Å²) in [5, 5.41) is 0. The predicted octanol–water partition coefficient (Wildman–Crippen LogP) is 11.5. The lowest BCUT2D eigenvalue weighted by atomic mass is 9.76. The van der Waals surface area contributed by atoms with Gasteiger partial charge in [-0.3, -0.25) is 0 Å². The first-order valence-electron chi connectivity index (χ1n) is 17.5. The minimum absolute atomic E-state index is 0.0430. The summed E-state index contributed by atoms with van der Waals surface area (Å²) in [7, 11) is -1.78. The number of hydrogen-bond donors (Lipinski definition) is 0. The molecule has 232 valence electrons. The fourth-order valence-electron chi connectivity index (χ4n) is 10.5. The van der Waals surface area contributed by atoms with E-state index in [0.29, 0.717) is 11.8 Å². The number of fused-ring (bicyclic) bond motifs is 4. The van der Waals surface area contributed by atoms with Crippen molar-refractivity contribution in [2.24, 2.45) is 17.8 Å². The van der Waals surface area contributed by atoms with Gasteiger partial charge >= 0.3 is 0 Å². The molecule has 2 aromatic carbocycles. The van der Waals surface area contributed by atoms with E-state index in [1.54, 1.807) is 11.1 Å². The summed E-state index contributed by atoms with van der Waals surface area (Å²) in [5.41, 5.74) is 11.5. The van der Waals surface area contributed by atoms with Gasteiger partial charge in [0.25, 0.3) is 0 Å². The molecule has 43 heavy (non-hydrogen) atoms. The summed E-state index contributed by atoms with van der Waals surface area (Å²) < 4.78 is 3.13. The Balaban J connectivity index is 1.37. The molecular formula is C41H59NSi. The largest absolute Gasteiger partial charge is 0.316 e. The SMILES string of the molecule is CC1CC2C=C3C(=CC2C1[Si](C)(C)N(C1CCCCC1)C(C)(C)C)c1ccc(-c2ccc(C(C)(C)C)cc2)cc1C3(C)C. The molecule has 0 bridgehead atoms. The highest BCUT2D eigenvalue weighted by molar-refractivity contribution is 6.76. The topological polar surface area (TPSA) is 3.24 Å². The Bertz CT molecular complexity index is 1420. The highest BCUT2D eigenvalue weighted by Gasteiger charge is 2.55. The van der Waals surface area contributed by atoms with Crippen LogP contribution in [0, 0.1) is 17.8 Å². The third-order valence-electron chi connectivity index (χ3n) is 12.0. The summed E-state index contributed by atoms with van der Waals surface area (Å²) in [6.45, 7) is 27.5. The Kier molecular flexibility index (Phi) is 7.65. The second-order valence-corrected chi connectivity index (χ2v) is 22.3. The molecule has 4 aliphatic rings. The van der Waals surface area contributed by atoms with Crippen molar-refractivity contribution in [3.05, 3.63) is 76.9 Å². The summed E-state index contributed by atoms with van der Waals surface area (Å²) in [5.74, 6) is 2.12. The number of rotatable bonds is 4. The molecule has 0 aromatic heterocycles. The van der Waals surface area contributed by atoms with Crippen LogP contribution in [0.25, 0.3) is 16.7 Å². The molecule has 4 unspecified atom stereocenters. The highest BCUT2D eigenvalue weighted by atomic mass is 28.3. The van der Waals surface area contributed by atoms with Crippen molar-refractivity contribution in [3.8, 4) is 11.1 Å². The molecule has 2 saturated carbocycles. The van der Waals surface area contributed by atoms with E-state index in [-0.39, 0.29) is 16.4 Å². The molecule has 0 spiro atoms. The van der Waals surface area contributed by atoms with E-state index >= 15 is 0 Å². The maximum atomic E-state index is 3.13. The Morgan fingerprint density at radius 3 is 2.05 bits per heavy atom. The van der Waals surface area contributed by atoms with Crippen LogP contribution in [-0.4, -0.2) is 24.4 Å². The number of benzene rings is 2. The maximum Gasteiger partial charge on any atom is 0.127 e. The van der Waals surface area contributed by atoms with Crippen molar-refractivity contribution in [1.29, 1.82) is 0 Å². The minimum Gasteiger partial charge on any atom is -0.316 e. The highest BCUT2D eigenvalue weighted by Crippen LogP contribution is 2.61. The first-order chi connectivity index (χ1) is 20.0. The molecule has 4 aliphatic carbocycles. The number of allylic oxidation sites excluding steroid dienone is 4. The fraction of sp³-hybridized carbons (Fsp3) is 0.610. The molecule has 4 atom stereocenters. The average Bonchev–Trinajstić information content (AvgIpc) is 3.36. The molecule has 6 rings (SSSR count). The van der Waals surface area contributed by atoms with Crippen LogP contribution < -0.4 is 0 Å². The van der Waals surface area contributed by atoms with Crippen LogP contribution in [0.3, 0.4) is 0 Å². The third-order valence-corrected chi connectivity index (χ3v) is 16.9. The molecule has 0 amide bonds. The smallest absolute Gasteiger partial charge is 0.127 e. The standard InChI is InChI=1S/C41H59NSi/c1-27-23-30-25-37-35(26-34(30)38(27)43(10,11)42(40(5,6)7)32-15-13-12-14-16-32)33-22-19-29(24-36(33)41(37,8)9)28-17-20-31(21-18-28)39(2,3)4/h17-22,24-27,30,32,34,38H,12-16,23H2,1-11H3. The van der Waals surface area contributed by atoms with Gasteiger partial charge < -0.3 is 4.57 Å². The van der Waals surface area contributed by atoms with Gasteiger partial charge in [-0.2, -0.15) is 0 Å². The molecule has 0 aliphatic heterocycles. The summed E-state index contributed by atoms with van der Waals surface area (Å²) in [6, 6.07) is 17.4. The van der Waals surface area contributed by atoms with E-state index < -0.39 is 8.24 Å². The van der Waals surface area contributed by atoms with Crippen LogP contribution in [0.15, 0.2) is 60.2 Å². The molecule has 2 heteroatoms. The summed E-state index contributed by atoms with van der Waals surface area (Å²) in [4.78, 5) is 0. The molecule has 2 aromatic rings. The lowest BCUT2D eigenvalue weighted by Gasteiger charge is -2.56. The first kappa shape index (κ1) is 31.1. The van der Waals surface area contributed by atoms with Crippen molar-refractivity contribution >= 4 is 13.8 Å². The van der Waals surface area contributed by atoms with Gasteiger partial charge in [0, 0.05) is 17.0 Å². The monoisotopic (exact) mass is 593 g/mol. The van der Waals surface area contributed by atoms with E-state index in [0.717, 1.165) is 17.5 Å². The molecule has 0 heterocycles. The van der Waals surface area contributed by atoms with Gasteiger partial charge in [0.05, 0.1) is 0 Å². The second kappa shape index (κ2) is 10.6. The molecular weight excluding hydrogens is 535 g/mol. The Morgan fingerprint density at radius 2 is 1.44 bits per heavy atom. The molecule has 0 radical (unpaired) electrons. The average molecular weight is 594 g/mol. The van der Waals surface area contributed by atoms with E-state index in [4.69, 9.17) is 0 Å². The first-order valence-corrected chi connectivity index (χ1v) is 20.5. The molecule has 0 saturated heterocycles. The van der Waals surface area contributed by atoms with Gasteiger partial charge in [0.2, 0.25) is 0 Å². The van der Waals surface area contributed by atoms with Crippen molar-refractivity contribution in [2.75, 3.05) is 0 Å². The lowest BCUT2D eigenvalue weighted by Crippen LogP contribution is -2.65. The van der Waals surface area contributed by atoms with Crippen LogP contribution in [0.4, 0.5) is 0 Å². The zero-order valence-electron chi connectivity index (χ0n) is 29.3. The van der Waals surface area contributed by atoms with Gasteiger partial charge in [-0.1, -0.05) is 122 Å². The zero-order valence-corrected chi connectivity index (χ0v) is 30.3. The van der Waals surface area contributed by atoms with E-state index in [2.05, 4.69) is 135 Å². The van der Waals surface area contributed by atoms with Crippen molar-refractivity contribution in [2.45, 2.75) is 142 Å². The Hall–Kier alpha value is -1.90. The Morgan fingerprint density at radius 1 is 0.814 bits per heavy atom. The van der Waals surface area contributed by atoms with E-state index in [1.807, 2.05) is 0 Å². The van der Waals surface area contributed by atoms with Crippen LogP contribution in [0.1, 0.15) is 118 Å². The van der Waals surface area contributed by atoms with Crippen LogP contribution in [-0.2, 0) is 10.8 Å². The quantitative estimate of drug-likeness (QED) is 0.319. The van der Waals surface area contributed by atoms with Crippen LogP contribution >= 0.6 is 0 Å². The lowest BCUT2D eigenvalue weighted by molar-refractivity contribution is 0.139. The van der Waals surface area contributed by atoms with Gasteiger partial charge in [-0.25, -0.2) is 0 Å². The number of nitrogens with zero attached hydrogens (tertiary/aromatic N) is 1. The maximum absolute atomic E-state index is 3.13. The van der Waals surface area contributed by atoms with Crippen molar-refractivity contribution < 1.29 is 0 Å². The molecule has 1 nitrogen and oxygen atoms in total. The van der Waals surface area contributed by atoms with Crippen LogP contribution in [0.2, 0.25) is 18.6 Å². The Labute approximate surface area is 265 Å². The second-order valence-electron chi connectivity index (χ2n) is 17.8. The van der Waals surface area contributed by atoms with Crippen LogP contribution in [0.5, 0.6) is 0 Å². The third kappa shape index (κ3) is 5.27. The normalized spacial score (nSPS) is 27.4. The number of hydrogen-bond acceptors (Lipinski definition) is 1. The van der Waals surface area contributed by atoms with Gasteiger partial charge in [-0.15, -0.1) is 0 Å². The molecule has 0 N–H and O–H groups in total. The summed E-state index contributed by atoms with van der Waals surface area (Å²) >= 11 is 0. The van der Waals surface area contributed by atoms with Crippen molar-refractivity contribution in [3.63, 3.8) is 0 Å². The molecule has 2 fully saturated rings. The fourth-order valence-corrected chi connectivity index (χ4v) is 16.5. The van der Waals surface area contributed by atoms with Crippen molar-refractivity contribution in [1.82, 2.24) is 4.57 Å². The van der Waals surface area contributed by atoms with E-state index in [1.165, 1.54) is 66.3 Å². The zero-order chi connectivity index (χ0) is 31.1. The predicted molar refractivity (Wildman–Crippen MR) is 190 cm³/mol. The van der Waals surface area contributed by atoms with Gasteiger partial charge in [0.1, 0.15) is 8.24 Å². The minimum atomic E-state index is -1.78. The summed E-state index contributed by atoms with van der Waals surface area (Å²) in [6.07, 6.45) is 14.0. The van der Waals surface area contributed by atoms with E-state index in [9.17, 15) is 0 Å². The van der Waals surface area contributed by atoms with Gasteiger partial charge in [-0.05, 0) is 114 Å². The van der Waals surface area contributed by atoms with Gasteiger partial charge in [0.15, 0.2) is 0 Å².